The number of rotatable bonds is 5. The Kier molecular flexibility index (Phi) is 4.25. The number of hydrogen-bond acceptors (Lipinski definition) is 6. The summed E-state index contributed by atoms with van der Waals surface area (Å²) in [7, 11) is 0. The summed E-state index contributed by atoms with van der Waals surface area (Å²) in [5.74, 6) is 0.735. The third kappa shape index (κ3) is 3.37. The van der Waals surface area contributed by atoms with Crippen molar-refractivity contribution in [3.63, 3.8) is 0 Å². The Labute approximate surface area is 143 Å². The molecule has 0 atom stereocenters. The van der Waals surface area contributed by atoms with Crippen LogP contribution in [-0.4, -0.2) is 17.6 Å². The van der Waals surface area contributed by atoms with Gasteiger partial charge in [0.05, 0.1) is 10.6 Å². The molecule has 3 rings (SSSR count). The normalized spacial score (nSPS) is 11.7. The molecule has 2 aromatic rings. The highest BCUT2D eigenvalue weighted by Gasteiger charge is 2.16. The molecule has 8 heteroatoms. The number of hydrogen-bond donors (Lipinski definition) is 2. The predicted octanol–water partition coefficient (Wildman–Crippen LogP) is 2.54. The lowest BCUT2D eigenvalue weighted by atomic mass is 10.1. The number of aryl methyl sites for hydroxylation is 1. The van der Waals surface area contributed by atoms with Gasteiger partial charge in [0.25, 0.3) is 11.6 Å². The average molecular weight is 341 g/mol. The van der Waals surface area contributed by atoms with Gasteiger partial charge < -0.3 is 9.47 Å². The van der Waals surface area contributed by atoms with Crippen LogP contribution in [0, 0.1) is 17.0 Å². The van der Waals surface area contributed by atoms with Gasteiger partial charge in [-0.15, -0.1) is 0 Å². The van der Waals surface area contributed by atoms with Crippen LogP contribution in [0.1, 0.15) is 21.5 Å². The van der Waals surface area contributed by atoms with E-state index in [4.69, 9.17) is 9.47 Å². The van der Waals surface area contributed by atoms with Crippen molar-refractivity contribution in [2.45, 2.75) is 6.92 Å². The summed E-state index contributed by atoms with van der Waals surface area (Å²) in [5, 5.41) is 11.0. The molecule has 0 bridgehead atoms. The van der Waals surface area contributed by atoms with E-state index in [1.54, 1.807) is 25.1 Å². The van der Waals surface area contributed by atoms with E-state index in [-0.39, 0.29) is 18.0 Å². The number of nitrogens with zero attached hydrogens (tertiary/aromatic N) is 1. The van der Waals surface area contributed by atoms with Gasteiger partial charge in [0.2, 0.25) is 6.79 Å². The first-order chi connectivity index (χ1) is 12.0. The highest BCUT2D eigenvalue weighted by Crippen LogP contribution is 2.33. The van der Waals surface area contributed by atoms with Crippen LogP contribution in [0.5, 0.6) is 11.5 Å². The number of hydrazine groups is 1. The van der Waals surface area contributed by atoms with Crippen molar-refractivity contribution in [2.75, 3.05) is 6.79 Å². The van der Waals surface area contributed by atoms with Crippen LogP contribution in [0.25, 0.3) is 5.70 Å². The summed E-state index contributed by atoms with van der Waals surface area (Å²) >= 11 is 0. The van der Waals surface area contributed by atoms with E-state index in [0.717, 1.165) is 0 Å². The van der Waals surface area contributed by atoms with E-state index in [1.807, 2.05) is 0 Å². The largest absolute Gasteiger partial charge is 0.454 e. The van der Waals surface area contributed by atoms with E-state index in [1.165, 1.54) is 18.2 Å². The number of nitrogens with one attached hydrogen (secondary N) is 2. The van der Waals surface area contributed by atoms with Crippen LogP contribution >= 0.6 is 0 Å². The number of carbonyl (C=O) groups is 1. The van der Waals surface area contributed by atoms with Crippen molar-refractivity contribution in [1.82, 2.24) is 10.9 Å². The van der Waals surface area contributed by atoms with Crippen molar-refractivity contribution in [2.24, 2.45) is 0 Å². The van der Waals surface area contributed by atoms with E-state index in [2.05, 4.69) is 17.4 Å². The Bertz CT molecular complexity index is 879. The van der Waals surface area contributed by atoms with E-state index in [9.17, 15) is 14.9 Å². The number of fused-ring (bicyclic) bond motifs is 1. The minimum atomic E-state index is -0.523. The summed E-state index contributed by atoms with van der Waals surface area (Å²) in [4.78, 5) is 22.6. The lowest BCUT2D eigenvalue weighted by molar-refractivity contribution is -0.385. The summed E-state index contributed by atoms with van der Waals surface area (Å²) in [6.45, 7) is 5.62. The minimum Gasteiger partial charge on any atom is -0.454 e. The molecule has 2 aromatic carbocycles. The van der Waals surface area contributed by atoms with E-state index < -0.39 is 10.8 Å². The number of nitro benzene ring substituents is 1. The summed E-state index contributed by atoms with van der Waals surface area (Å²) in [5.41, 5.74) is 6.85. The Morgan fingerprint density at radius 3 is 2.60 bits per heavy atom. The molecule has 1 amide bonds. The second kappa shape index (κ2) is 6.52. The zero-order valence-electron chi connectivity index (χ0n) is 13.4. The van der Waals surface area contributed by atoms with E-state index in [0.29, 0.717) is 28.3 Å². The maximum Gasteiger partial charge on any atom is 0.273 e. The molecule has 0 saturated carbocycles. The molecule has 0 fully saturated rings. The number of ether oxygens (including phenoxy) is 2. The van der Waals surface area contributed by atoms with Gasteiger partial charge in [0, 0.05) is 22.8 Å². The average Bonchev–Trinajstić information content (AvgIpc) is 3.07. The van der Waals surface area contributed by atoms with Gasteiger partial charge in [-0.1, -0.05) is 12.6 Å². The van der Waals surface area contributed by atoms with Crippen LogP contribution in [0.4, 0.5) is 5.69 Å². The van der Waals surface area contributed by atoms with E-state index >= 15 is 0 Å². The fourth-order valence-electron chi connectivity index (χ4n) is 2.31. The number of nitro groups is 1. The molecule has 1 aliphatic rings. The first-order valence-corrected chi connectivity index (χ1v) is 7.36. The van der Waals surface area contributed by atoms with Gasteiger partial charge in [0.1, 0.15) is 0 Å². The Morgan fingerprint density at radius 1 is 1.12 bits per heavy atom. The second-order valence-corrected chi connectivity index (χ2v) is 5.38. The summed E-state index contributed by atoms with van der Waals surface area (Å²) in [6.07, 6.45) is 0. The van der Waals surface area contributed by atoms with Crippen LogP contribution in [0.3, 0.4) is 0 Å². The summed E-state index contributed by atoms with van der Waals surface area (Å²) < 4.78 is 10.5. The smallest absolute Gasteiger partial charge is 0.273 e. The SMILES string of the molecule is C=C(NNC(=O)c1ccc(C)c([N+](=O)[O-])c1)c1ccc2c(c1)OCO2. The van der Waals surface area contributed by atoms with Crippen molar-refractivity contribution in [1.29, 1.82) is 0 Å². The monoisotopic (exact) mass is 341 g/mol. The first kappa shape index (κ1) is 16.3. The fourth-order valence-corrected chi connectivity index (χ4v) is 2.31. The van der Waals surface area contributed by atoms with Crippen molar-refractivity contribution >= 4 is 17.3 Å². The van der Waals surface area contributed by atoms with Crippen molar-refractivity contribution in [3.05, 3.63) is 69.8 Å². The van der Waals surface area contributed by atoms with Crippen molar-refractivity contribution in [3.8, 4) is 11.5 Å². The zero-order valence-corrected chi connectivity index (χ0v) is 13.4. The Balaban J connectivity index is 1.67. The molecule has 8 nitrogen and oxygen atoms in total. The van der Waals surface area contributed by atoms with Crippen LogP contribution in [0.2, 0.25) is 0 Å². The van der Waals surface area contributed by atoms with Gasteiger partial charge in [-0.05, 0) is 31.2 Å². The lowest BCUT2D eigenvalue weighted by Gasteiger charge is -2.12. The fraction of sp³-hybridized carbons (Fsp3) is 0.118. The number of carbonyl (C=O) groups excluding carboxylic acids is 1. The van der Waals surface area contributed by atoms with Crippen LogP contribution in [0.15, 0.2) is 43.0 Å². The van der Waals surface area contributed by atoms with Gasteiger partial charge in [-0.3, -0.25) is 25.8 Å². The molecule has 0 radical (unpaired) electrons. The molecule has 0 unspecified atom stereocenters. The highest BCUT2D eigenvalue weighted by atomic mass is 16.7. The maximum atomic E-state index is 12.2. The van der Waals surface area contributed by atoms with Crippen molar-refractivity contribution < 1.29 is 19.2 Å². The molecule has 25 heavy (non-hydrogen) atoms. The molecule has 1 aliphatic heterocycles. The predicted molar refractivity (Wildman–Crippen MR) is 90.0 cm³/mol. The Hall–Kier alpha value is -3.55. The molecule has 0 aliphatic carbocycles. The molecule has 2 N–H and O–H groups in total. The van der Waals surface area contributed by atoms with Crippen LogP contribution < -0.4 is 20.3 Å². The standard InChI is InChI=1S/C17H15N3O5/c1-10-3-4-13(7-14(10)20(22)23)17(21)19-18-11(2)12-5-6-15-16(8-12)25-9-24-15/h3-8,18H,2,9H2,1H3,(H,19,21). The van der Waals surface area contributed by atoms with Gasteiger partial charge >= 0.3 is 0 Å². The third-order valence-electron chi connectivity index (χ3n) is 3.72. The second-order valence-electron chi connectivity index (χ2n) is 5.38. The maximum absolute atomic E-state index is 12.2. The number of benzene rings is 2. The first-order valence-electron chi connectivity index (χ1n) is 7.36. The number of amides is 1. The molecular weight excluding hydrogens is 326 g/mol. The molecule has 0 saturated heterocycles. The zero-order chi connectivity index (χ0) is 18.0. The molecule has 1 heterocycles. The quantitative estimate of drug-likeness (QED) is 0.640. The highest BCUT2D eigenvalue weighted by molar-refractivity contribution is 5.95. The minimum absolute atomic E-state index is 0.109. The molecule has 0 spiro atoms. The topological polar surface area (TPSA) is 103 Å². The van der Waals surface area contributed by atoms with Gasteiger partial charge in [-0.25, -0.2) is 0 Å². The molecule has 0 aromatic heterocycles. The van der Waals surface area contributed by atoms with Crippen LogP contribution in [-0.2, 0) is 0 Å². The molecule has 128 valence electrons. The Morgan fingerprint density at radius 2 is 1.84 bits per heavy atom. The third-order valence-corrected chi connectivity index (χ3v) is 3.72. The van der Waals surface area contributed by atoms with Gasteiger partial charge in [-0.2, -0.15) is 0 Å². The summed E-state index contributed by atoms with van der Waals surface area (Å²) in [6, 6.07) is 9.53. The lowest BCUT2D eigenvalue weighted by Crippen LogP contribution is -2.35. The van der Waals surface area contributed by atoms with Gasteiger partial charge in [0.15, 0.2) is 11.5 Å². The molecular formula is C17H15N3O5.